The van der Waals surface area contributed by atoms with Gasteiger partial charge in [0.1, 0.15) is 0 Å². The molecule has 0 spiro atoms. The van der Waals surface area contributed by atoms with Crippen LogP contribution >= 0.6 is 0 Å². The molecule has 0 saturated carbocycles. The predicted molar refractivity (Wildman–Crippen MR) is 50.5 cm³/mol. The van der Waals surface area contributed by atoms with Crippen LogP contribution in [0.2, 0.25) is 0 Å². The molecule has 1 fully saturated rings. The van der Waals surface area contributed by atoms with Crippen molar-refractivity contribution in [2.45, 2.75) is 25.8 Å². The fourth-order valence-electron chi connectivity index (χ4n) is 1.21. The molecule has 0 unspecified atom stereocenters. The van der Waals surface area contributed by atoms with E-state index >= 15 is 0 Å². The zero-order valence-electron chi connectivity index (χ0n) is 8.14. The number of esters is 1. The average molecular weight is 186 g/mol. The van der Waals surface area contributed by atoms with Crippen molar-refractivity contribution in [3.05, 3.63) is 0 Å². The fourth-order valence-corrected chi connectivity index (χ4v) is 1.21. The van der Waals surface area contributed by atoms with Crippen molar-refractivity contribution >= 4 is 5.97 Å². The second-order valence-electron chi connectivity index (χ2n) is 3.22. The van der Waals surface area contributed by atoms with Crippen molar-refractivity contribution < 1.29 is 9.53 Å². The van der Waals surface area contributed by atoms with Crippen LogP contribution in [0, 0.1) is 0 Å². The number of carbonyl (C=O) groups excluding carboxylic acids is 1. The molecule has 0 bridgehead atoms. The largest absolute Gasteiger partial charge is 0.466 e. The van der Waals surface area contributed by atoms with Gasteiger partial charge in [-0.3, -0.25) is 4.79 Å². The Morgan fingerprint density at radius 1 is 1.62 bits per heavy atom. The standard InChI is InChI=1S/C9H18N2O2/c1-2-13-9(12)4-3-5-11-8-6-10-7-8/h8,10-11H,2-7H2,1H3. The van der Waals surface area contributed by atoms with Gasteiger partial charge in [-0.15, -0.1) is 0 Å². The van der Waals surface area contributed by atoms with Crippen LogP contribution in [0.25, 0.3) is 0 Å². The molecule has 13 heavy (non-hydrogen) atoms. The van der Waals surface area contributed by atoms with Crippen LogP contribution in [0.1, 0.15) is 19.8 Å². The van der Waals surface area contributed by atoms with Gasteiger partial charge >= 0.3 is 5.97 Å². The highest BCUT2D eigenvalue weighted by molar-refractivity contribution is 5.69. The highest BCUT2D eigenvalue weighted by atomic mass is 16.5. The van der Waals surface area contributed by atoms with Gasteiger partial charge in [0.05, 0.1) is 6.61 Å². The Hall–Kier alpha value is -0.610. The van der Waals surface area contributed by atoms with Crippen LogP contribution < -0.4 is 10.6 Å². The Morgan fingerprint density at radius 3 is 2.92 bits per heavy atom. The molecule has 0 aromatic carbocycles. The van der Waals surface area contributed by atoms with Gasteiger partial charge in [-0.25, -0.2) is 0 Å². The van der Waals surface area contributed by atoms with Crippen molar-refractivity contribution in [1.82, 2.24) is 10.6 Å². The minimum Gasteiger partial charge on any atom is -0.466 e. The lowest BCUT2D eigenvalue weighted by atomic mass is 10.2. The van der Waals surface area contributed by atoms with Crippen LogP contribution in [0.4, 0.5) is 0 Å². The third-order valence-electron chi connectivity index (χ3n) is 2.08. The molecule has 4 nitrogen and oxygen atoms in total. The van der Waals surface area contributed by atoms with E-state index in [4.69, 9.17) is 4.74 Å². The lowest BCUT2D eigenvalue weighted by Crippen LogP contribution is -2.55. The summed E-state index contributed by atoms with van der Waals surface area (Å²) in [6, 6.07) is 0.613. The monoisotopic (exact) mass is 186 g/mol. The maximum Gasteiger partial charge on any atom is 0.305 e. The Bertz CT molecular complexity index is 158. The maximum atomic E-state index is 10.9. The number of hydrogen-bond donors (Lipinski definition) is 2. The number of carbonyl (C=O) groups is 1. The number of hydrogen-bond acceptors (Lipinski definition) is 4. The minimum atomic E-state index is -0.0870. The number of nitrogens with one attached hydrogen (secondary N) is 2. The van der Waals surface area contributed by atoms with E-state index in [0.717, 1.165) is 26.1 Å². The van der Waals surface area contributed by atoms with E-state index in [0.29, 0.717) is 19.1 Å². The first-order valence-corrected chi connectivity index (χ1v) is 4.92. The molecule has 1 aliphatic rings. The summed E-state index contributed by atoms with van der Waals surface area (Å²) in [5, 5.41) is 6.52. The third kappa shape index (κ3) is 4.24. The van der Waals surface area contributed by atoms with Crippen molar-refractivity contribution in [3.8, 4) is 0 Å². The molecule has 1 heterocycles. The molecule has 0 aromatic heterocycles. The summed E-state index contributed by atoms with van der Waals surface area (Å²) in [5.41, 5.74) is 0. The van der Waals surface area contributed by atoms with Gasteiger partial charge in [0.15, 0.2) is 0 Å². The first-order chi connectivity index (χ1) is 6.33. The van der Waals surface area contributed by atoms with Crippen molar-refractivity contribution in [1.29, 1.82) is 0 Å². The van der Waals surface area contributed by atoms with Crippen LogP contribution in [0.3, 0.4) is 0 Å². The molecule has 0 aliphatic carbocycles. The van der Waals surface area contributed by atoms with Crippen LogP contribution in [-0.4, -0.2) is 38.3 Å². The van der Waals surface area contributed by atoms with Crippen molar-refractivity contribution in [3.63, 3.8) is 0 Å². The first-order valence-electron chi connectivity index (χ1n) is 4.92. The SMILES string of the molecule is CCOC(=O)CCCNC1CNC1. The molecular weight excluding hydrogens is 168 g/mol. The Morgan fingerprint density at radius 2 is 2.38 bits per heavy atom. The summed E-state index contributed by atoms with van der Waals surface area (Å²) in [7, 11) is 0. The topological polar surface area (TPSA) is 50.4 Å². The molecular formula is C9H18N2O2. The maximum absolute atomic E-state index is 10.9. The zero-order chi connectivity index (χ0) is 9.52. The second kappa shape index (κ2) is 5.94. The smallest absolute Gasteiger partial charge is 0.305 e. The van der Waals surface area contributed by atoms with E-state index in [1.54, 1.807) is 0 Å². The van der Waals surface area contributed by atoms with Gasteiger partial charge in [0.2, 0.25) is 0 Å². The Kier molecular flexibility index (Phi) is 4.78. The third-order valence-corrected chi connectivity index (χ3v) is 2.08. The predicted octanol–water partition coefficient (Wildman–Crippen LogP) is -0.109. The van der Waals surface area contributed by atoms with Gasteiger partial charge in [-0.1, -0.05) is 0 Å². The van der Waals surface area contributed by atoms with E-state index in [2.05, 4.69) is 10.6 Å². The van der Waals surface area contributed by atoms with Gasteiger partial charge in [0, 0.05) is 25.6 Å². The van der Waals surface area contributed by atoms with Crippen molar-refractivity contribution in [2.24, 2.45) is 0 Å². The summed E-state index contributed by atoms with van der Waals surface area (Å²) in [6.07, 6.45) is 1.40. The lowest BCUT2D eigenvalue weighted by Gasteiger charge is -2.28. The molecule has 4 heteroatoms. The highest BCUT2D eigenvalue weighted by Gasteiger charge is 2.14. The van der Waals surface area contributed by atoms with Crippen LogP contribution in [0.15, 0.2) is 0 Å². The summed E-state index contributed by atoms with van der Waals surface area (Å²) in [5.74, 6) is -0.0870. The number of rotatable bonds is 6. The number of ether oxygens (including phenoxy) is 1. The normalized spacial score (nSPS) is 16.7. The van der Waals surface area contributed by atoms with Crippen LogP contribution in [0.5, 0.6) is 0 Å². The summed E-state index contributed by atoms with van der Waals surface area (Å²) >= 11 is 0. The molecule has 0 amide bonds. The molecule has 0 radical (unpaired) electrons. The molecule has 1 aliphatic heterocycles. The molecule has 0 aromatic rings. The van der Waals surface area contributed by atoms with Gasteiger partial charge in [-0.2, -0.15) is 0 Å². The summed E-state index contributed by atoms with van der Waals surface area (Å²) in [4.78, 5) is 10.9. The molecule has 76 valence electrons. The van der Waals surface area contributed by atoms with E-state index in [1.165, 1.54) is 0 Å². The molecule has 2 N–H and O–H groups in total. The lowest BCUT2D eigenvalue weighted by molar-refractivity contribution is -0.143. The average Bonchev–Trinajstić information content (AvgIpc) is 2.01. The fraction of sp³-hybridized carbons (Fsp3) is 0.889. The first kappa shape index (κ1) is 10.5. The summed E-state index contributed by atoms with van der Waals surface area (Å²) < 4.78 is 4.81. The van der Waals surface area contributed by atoms with Crippen LogP contribution in [-0.2, 0) is 9.53 Å². The van der Waals surface area contributed by atoms with E-state index < -0.39 is 0 Å². The quantitative estimate of drug-likeness (QED) is 0.449. The van der Waals surface area contributed by atoms with Gasteiger partial charge in [0.25, 0.3) is 0 Å². The van der Waals surface area contributed by atoms with Gasteiger partial charge < -0.3 is 15.4 Å². The molecule has 1 saturated heterocycles. The second-order valence-corrected chi connectivity index (χ2v) is 3.22. The molecule has 1 rings (SSSR count). The van der Waals surface area contributed by atoms with E-state index in [-0.39, 0.29) is 5.97 Å². The van der Waals surface area contributed by atoms with E-state index in [1.807, 2.05) is 6.92 Å². The zero-order valence-corrected chi connectivity index (χ0v) is 8.14. The van der Waals surface area contributed by atoms with Gasteiger partial charge in [-0.05, 0) is 19.9 Å². The minimum absolute atomic E-state index is 0.0870. The highest BCUT2D eigenvalue weighted by Crippen LogP contribution is 1.94. The summed E-state index contributed by atoms with van der Waals surface area (Å²) in [6.45, 7) is 5.33. The van der Waals surface area contributed by atoms with Crippen molar-refractivity contribution in [2.75, 3.05) is 26.2 Å². The van der Waals surface area contributed by atoms with E-state index in [9.17, 15) is 4.79 Å². The Labute approximate surface area is 79.0 Å². The Balaban J connectivity index is 1.85. The molecule has 0 atom stereocenters.